The van der Waals surface area contributed by atoms with E-state index in [1.807, 2.05) is 62.4 Å². The third-order valence-corrected chi connectivity index (χ3v) is 5.74. The Morgan fingerprint density at radius 1 is 1.14 bits per heavy atom. The van der Waals surface area contributed by atoms with Gasteiger partial charge in [0.1, 0.15) is 0 Å². The Bertz CT molecular complexity index is 1150. The molecular weight excluding hydrogens is 362 g/mol. The van der Waals surface area contributed by atoms with Gasteiger partial charge in [-0.05, 0) is 31.9 Å². The molecule has 3 aromatic rings. The summed E-state index contributed by atoms with van der Waals surface area (Å²) in [6.07, 6.45) is 2.33. The van der Waals surface area contributed by atoms with Crippen LogP contribution in [0.2, 0.25) is 0 Å². The maximum absolute atomic E-state index is 12.5. The van der Waals surface area contributed by atoms with E-state index in [-0.39, 0.29) is 5.91 Å². The van der Waals surface area contributed by atoms with E-state index < -0.39 is 5.72 Å². The fourth-order valence-corrected chi connectivity index (χ4v) is 3.92. The van der Waals surface area contributed by atoms with Gasteiger partial charge in [0, 0.05) is 42.0 Å². The van der Waals surface area contributed by atoms with Gasteiger partial charge < -0.3 is 4.74 Å². The summed E-state index contributed by atoms with van der Waals surface area (Å²) in [5.74, 6) is 0.806. The van der Waals surface area contributed by atoms with Crippen LogP contribution in [0.5, 0.6) is 0 Å². The predicted octanol–water partition coefficient (Wildman–Crippen LogP) is 4.83. The molecule has 1 fully saturated rings. The van der Waals surface area contributed by atoms with Crippen LogP contribution in [-0.2, 0) is 15.3 Å². The zero-order valence-electron chi connectivity index (χ0n) is 16.8. The highest BCUT2D eigenvalue weighted by Gasteiger charge is 2.45. The zero-order chi connectivity index (χ0) is 20.2. The highest BCUT2D eigenvalue weighted by molar-refractivity contribution is 6.07. The van der Waals surface area contributed by atoms with Crippen molar-refractivity contribution in [3.05, 3.63) is 77.0 Å². The molecule has 1 saturated carbocycles. The molecule has 0 N–H and O–H groups in total. The summed E-state index contributed by atoms with van der Waals surface area (Å²) in [7, 11) is 0. The molecule has 5 rings (SSSR count). The van der Waals surface area contributed by atoms with Gasteiger partial charge in [-0.2, -0.15) is 5.01 Å². The molecule has 0 radical (unpaired) electrons. The van der Waals surface area contributed by atoms with Gasteiger partial charge in [-0.3, -0.25) is 9.78 Å². The number of carbonyl (C=O) groups excluding carboxylic acids is 1. The first-order chi connectivity index (χ1) is 14.0. The molecule has 1 aromatic heterocycles. The second-order valence-electron chi connectivity index (χ2n) is 8.07. The monoisotopic (exact) mass is 385 g/mol. The van der Waals surface area contributed by atoms with Crippen LogP contribution in [0, 0.1) is 6.92 Å². The molecule has 29 heavy (non-hydrogen) atoms. The van der Waals surface area contributed by atoms with E-state index in [2.05, 4.69) is 11.2 Å². The maximum atomic E-state index is 12.5. The summed E-state index contributed by atoms with van der Waals surface area (Å²) >= 11 is 0. The SMILES string of the molecule is CC(=O)N1N=C(c2cc(C3CC3)nc3ccccc23)O[C@@]1(C)c1ccc(C)cc1. The number of benzene rings is 2. The number of hydrazone groups is 1. The van der Waals surface area contributed by atoms with Crippen LogP contribution < -0.4 is 0 Å². The fraction of sp³-hybridized carbons (Fsp3) is 0.292. The Hall–Kier alpha value is -3.21. The summed E-state index contributed by atoms with van der Waals surface area (Å²) in [5, 5.41) is 7.05. The maximum Gasteiger partial charge on any atom is 0.243 e. The number of rotatable bonds is 3. The topological polar surface area (TPSA) is 54.8 Å². The molecule has 1 aliphatic carbocycles. The minimum atomic E-state index is -0.987. The van der Waals surface area contributed by atoms with Crippen molar-refractivity contribution in [1.29, 1.82) is 0 Å². The third kappa shape index (κ3) is 2.97. The van der Waals surface area contributed by atoms with E-state index >= 15 is 0 Å². The van der Waals surface area contributed by atoms with E-state index in [1.54, 1.807) is 0 Å². The van der Waals surface area contributed by atoms with E-state index in [1.165, 1.54) is 24.8 Å². The van der Waals surface area contributed by atoms with Crippen molar-refractivity contribution in [2.45, 2.75) is 45.3 Å². The van der Waals surface area contributed by atoms with Gasteiger partial charge in [-0.1, -0.05) is 48.0 Å². The largest absolute Gasteiger partial charge is 0.443 e. The average molecular weight is 385 g/mol. The zero-order valence-corrected chi connectivity index (χ0v) is 16.8. The van der Waals surface area contributed by atoms with Gasteiger partial charge in [0.05, 0.1) is 5.52 Å². The molecule has 5 nitrogen and oxygen atoms in total. The van der Waals surface area contributed by atoms with Crippen LogP contribution in [0.3, 0.4) is 0 Å². The Labute approximate surface area is 170 Å². The van der Waals surface area contributed by atoms with Crippen molar-refractivity contribution < 1.29 is 9.53 Å². The minimum Gasteiger partial charge on any atom is -0.443 e. The minimum absolute atomic E-state index is 0.163. The van der Waals surface area contributed by atoms with Crippen molar-refractivity contribution in [1.82, 2.24) is 9.99 Å². The Morgan fingerprint density at radius 3 is 2.55 bits per heavy atom. The molecule has 1 atom stereocenters. The quantitative estimate of drug-likeness (QED) is 0.649. The summed E-state index contributed by atoms with van der Waals surface area (Å²) in [6, 6.07) is 18.1. The number of carbonyl (C=O) groups is 1. The Balaban J connectivity index is 1.64. The lowest BCUT2D eigenvalue weighted by Crippen LogP contribution is -2.41. The van der Waals surface area contributed by atoms with Crippen LogP contribution >= 0.6 is 0 Å². The van der Waals surface area contributed by atoms with Crippen LogP contribution in [0.25, 0.3) is 10.9 Å². The van der Waals surface area contributed by atoms with Gasteiger partial charge in [-0.25, -0.2) is 0 Å². The lowest BCUT2D eigenvalue weighted by molar-refractivity contribution is -0.146. The molecule has 1 amide bonds. The molecule has 0 saturated heterocycles. The number of aryl methyl sites for hydroxylation is 1. The van der Waals surface area contributed by atoms with E-state index in [4.69, 9.17) is 9.72 Å². The molecule has 2 aromatic carbocycles. The molecule has 146 valence electrons. The van der Waals surface area contributed by atoms with Gasteiger partial charge in [0.25, 0.3) is 0 Å². The first-order valence-corrected chi connectivity index (χ1v) is 10.0. The van der Waals surface area contributed by atoms with Gasteiger partial charge >= 0.3 is 0 Å². The average Bonchev–Trinajstić information content (AvgIpc) is 3.50. The lowest BCUT2D eigenvalue weighted by atomic mass is 10.0. The fourth-order valence-electron chi connectivity index (χ4n) is 3.92. The number of ether oxygens (including phenoxy) is 1. The van der Waals surface area contributed by atoms with Crippen molar-refractivity contribution >= 4 is 22.7 Å². The molecule has 5 heteroatoms. The van der Waals surface area contributed by atoms with E-state index in [0.29, 0.717) is 11.8 Å². The summed E-state index contributed by atoms with van der Waals surface area (Å²) in [6.45, 7) is 5.44. The third-order valence-electron chi connectivity index (χ3n) is 5.74. The van der Waals surface area contributed by atoms with E-state index in [9.17, 15) is 4.79 Å². The number of fused-ring (bicyclic) bond motifs is 1. The number of para-hydroxylation sites is 1. The van der Waals surface area contributed by atoms with Gasteiger partial charge in [-0.15, -0.1) is 5.10 Å². The van der Waals surface area contributed by atoms with Crippen LogP contribution in [-0.4, -0.2) is 21.8 Å². The molecule has 0 spiro atoms. The standard InChI is InChI=1S/C24H23N3O2/c1-15-8-12-18(13-9-15)24(3)27(16(2)28)26-23(29-24)20-14-22(17-10-11-17)25-21-7-5-4-6-19(20)21/h4-9,12-14,17H,10-11H2,1-3H3/t24-/m0/s1. The normalized spacial score (nSPS) is 21.2. The second-order valence-corrected chi connectivity index (χ2v) is 8.07. The first kappa shape index (κ1) is 17.9. The molecule has 0 bridgehead atoms. The van der Waals surface area contributed by atoms with Crippen LogP contribution in [0.15, 0.2) is 59.7 Å². The predicted molar refractivity (Wildman–Crippen MR) is 112 cm³/mol. The van der Waals surface area contributed by atoms with Crippen molar-refractivity contribution in [3.8, 4) is 0 Å². The van der Waals surface area contributed by atoms with Crippen molar-refractivity contribution in [2.75, 3.05) is 0 Å². The van der Waals surface area contributed by atoms with Crippen molar-refractivity contribution in [3.63, 3.8) is 0 Å². The number of pyridine rings is 1. The molecule has 2 aliphatic rings. The van der Waals surface area contributed by atoms with E-state index in [0.717, 1.165) is 33.3 Å². The number of hydrogen-bond acceptors (Lipinski definition) is 4. The Morgan fingerprint density at radius 2 is 1.86 bits per heavy atom. The lowest BCUT2D eigenvalue weighted by Gasteiger charge is -2.31. The summed E-state index contributed by atoms with van der Waals surface area (Å²) < 4.78 is 6.43. The molecule has 1 aliphatic heterocycles. The second kappa shape index (κ2) is 6.41. The van der Waals surface area contributed by atoms with Gasteiger partial charge in [0.15, 0.2) is 0 Å². The molecule has 2 heterocycles. The highest BCUT2D eigenvalue weighted by Crippen LogP contribution is 2.42. The number of amides is 1. The molecular formula is C24H23N3O2. The number of nitrogens with zero attached hydrogens (tertiary/aromatic N) is 3. The number of aromatic nitrogens is 1. The summed E-state index contributed by atoms with van der Waals surface area (Å²) in [4.78, 5) is 17.3. The highest BCUT2D eigenvalue weighted by atomic mass is 16.6. The van der Waals surface area contributed by atoms with Crippen molar-refractivity contribution in [2.24, 2.45) is 5.10 Å². The Kier molecular flexibility index (Phi) is 3.95. The van der Waals surface area contributed by atoms with Gasteiger partial charge in [0.2, 0.25) is 17.5 Å². The first-order valence-electron chi connectivity index (χ1n) is 10.0. The number of hydrogen-bond donors (Lipinski definition) is 0. The summed E-state index contributed by atoms with van der Waals surface area (Å²) in [5.41, 5.74) is 3.94. The smallest absolute Gasteiger partial charge is 0.243 e. The van der Waals surface area contributed by atoms with Crippen LogP contribution in [0.4, 0.5) is 0 Å². The molecule has 0 unspecified atom stereocenters. The van der Waals surface area contributed by atoms with Crippen LogP contribution in [0.1, 0.15) is 55.0 Å².